The summed E-state index contributed by atoms with van der Waals surface area (Å²) in [7, 11) is 0. The molecule has 1 aliphatic heterocycles. The van der Waals surface area contributed by atoms with Crippen molar-refractivity contribution in [1.29, 1.82) is 0 Å². The zero-order valence-corrected chi connectivity index (χ0v) is 25.0. The van der Waals surface area contributed by atoms with Crippen LogP contribution in [0, 0.1) is 5.92 Å². The maximum absolute atomic E-state index is 12.2. The molecule has 1 heterocycles. The van der Waals surface area contributed by atoms with Crippen molar-refractivity contribution in [1.82, 2.24) is 0 Å². The Morgan fingerprint density at radius 3 is 2.26 bits per heavy atom. The van der Waals surface area contributed by atoms with E-state index in [1.165, 1.54) is 83.1 Å². The van der Waals surface area contributed by atoms with E-state index in [1.54, 1.807) is 18.2 Å². The predicted octanol–water partition coefficient (Wildman–Crippen LogP) is 7.47. The zero-order valence-electron chi connectivity index (χ0n) is 25.0. The summed E-state index contributed by atoms with van der Waals surface area (Å²) in [4.78, 5) is 36.3. The number of anilines is 1. The van der Waals surface area contributed by atoms with E-state index in [0.717, 1.165) is 17.0 Å². The van der Waals surface area contributed by atoms with Gasteiger partial charge in [-0.25, -0.2) is 14.4 Å². The van der Waals surface area contributed by atoms with E-state index in [-0.39, 0.29) is 18.1 Å². The van der Waals surface area contributed by atoms with E-state index in [2.05, 4.69) is 36.5 Å². The first-order chi connectivity index (χ1) is 20.2. The van der Waals surface area contributed by atoms with Gasteiger partial charge in [-0.05, 0) is 72.4 Å². The Balaban J connectivity index is 1.16. The summed E-state index contributed by atoms with van der Waals surface area (Å²) in [5.41, 5.74) is 3.85. The molecule has 42 heavy (non-hydrogen) atoms. The highest BCUT2D eigenvalue weighted by atomic mass is 16.7. The maximum Gasteiger partial charge on any atom is 0.350 e. The van der Waals surface area contributed by atoms with Crippen molar-refractivity contribution >= 4 is 29.7 Å². The van der Waals surface area contributed by atoms with Gasteiger partial charge in [-0.1, -0.05) is 69.0 Å². The molecule has 0 radical (unpaired) electrons. The van der Waals surface area contributed by atoms with Crippen molar-refractivity contribution in [3.8, 4) is 0 Å². The summed E-state index contributed by atoms with van der Waals surface area (Å²) in [6.07, 6.45) is 15.8. The SMILES string of the molecule is CCCCCC1CCC(c2ccc(/C=C/C(=O)OCCc3ccc(NC=C4C(=O)OC(C)(C)OC4=O)cc3)cc2)CC1. The fourth-order valence-corrected chi connectivity index (χ4v) is 5.53. The van der Waals surface area contributed by atoms with Crippen LogP contribution in [0.4, 0.5) is 5.69 Å². The lowest BCUT2D eigenvalue weighted by Crippen LogP contribution is -2.42. The standard InChI is InChI=1S/C35H43NO6/c1-4-5-6-7-25-8-15-28(16-9-25)29-17-10-26(11-18-29)14-21-32(37)40-23-22-27-12-19-30(20-13-27)36-24-31-33(38)41-35(2,3)42-34(31)39/h10-14,17-21,24-25,28,36H,4-9,15-16,22-23H2,1-3H3/b21-14+. The molecule has 1 saturated heterocycles. The number of hydrogen-bond acceptors (Lipinski definition) is 7. The molecule has 0 spiro atoms. The number of benzene rings is 2. The minimum Gasteiger partial charge on any atom is -0.462 e. The van der Waals surface area contributed by atoms with Crippen LogP contribution in [0.25, 0.3) is 6.08 Å². The van der Waals surface area contributed by atoms with Gasteiger partial charge in [0.05, 0.1) is 6.61 Å². The molecule has 1 aliphatic carbocycles. The van der Waals surface area contributed by atoms with Gasteiger partial charge in [-0.3, -0.25) is 0 Å². The van der Waals surface area contributed by atoms with Gasteiger partial charge in [0.2, 0.25) is 0 Å². The minimum atomic E-state index is -1.27. The number of unbranched alkanes of at least 4 members (excludes halogenated alkanes) is 2. The molecule has 1 saturated carbocycles. The molecular weight excluding hydrogens is 530 g/mol. The van der Waals surface area contributed by atoms with Gasteiger partial charge in [0.15, 0.2) is 5.57 Å². The van der Waals surface area contributed by atoms with Gasteiger partial charge >= 0.3 is 17.9 Å². The Kier molecular flexibility index (Phi) is 11.0. The number of hydrogen-bond donors (Lipinski definition) is 1. The second-order valence-corrected chi connectivity index (χ2v) is 11.7. The zero-order chi connectivity index (χ0) is 30.0. The van der Waals surface area contributed by atoms with Crippen molar-refractivity contribution in [2.75, 3.05) is 11.9 Å². The molecule has 4 rings (SSSR count). The van der Waals surface area contributed by atoms with Gasteiger partial charge < -0.3 is 19.5 Å². The van der Waals surface area contributed by atoms with E-state index in [9.17, 15) is 14.4 Å². The van der Waals surface area contributed by atoms with Crippen LogP contribution in [0.3, 0.4) is 0 Å². The molecule has 0 atom stereocenters. The summed E-state index contributed by atoms with van der Waals surface area (Å²) in [6.45, 7) is 5.52. The molecule has 7 heteroatoms. The van der Waals surface area contributed by atoms with Crippen molar-refractivity contribution in [2.45, 2.75) is 90.3 Å². The molecule has 7 nitrogen and oxygen atoms in total. The van der Waals surface area contributed by atoms with Crippen molar-refractivity contribution in [2.24, 2.45) is 5.92 Å². The molecule has 2 aliphatic rings. The van der Waals surface area contributed by atoms with Crippen LogP contribution >= 0.6 is 0 Å². The second kappa shape index (κ2) is 14.9. The Hall–Kier alpha value is -3.87. The molecule has 2 fully saturated rings. The van der Waals surface area contributed by atoms with Crippen LogP contribution in [0.1, 0.15) is 94.7 Å². The summed E-state index contributed by atoms with van der Waals surface area (Å²) in [5, 5.41) is 2.91. The normalized spacial score (nSPS) is 20.1. The quantitative estimate of drug-likeness (QED) is 0.122. The molecule has 2 aromatic rings. The van der Waals surface area contributed by atoms with Gasteiger partial charge in [0, 0.05) is 38.2 Å². The maximum atomic E-state index is 12.2. The van der Waals surface area contributed by atoms with Crippen LogP contribution in [-0.2, 0) is 35.0 Å². The smallest absolute Gasteiger partial charge is 0.350 e. The molecular formula is C35H43NO6. The molecule has 0 aromatic heterocycles. The largest absolute Gasteiger partial charge is 0.462 e. The summed E-state index contributed by atoms with van der Waals surface area (Å²) in [6, 6.07) is 15.9. The Morgan fingerprint density at radius 2 is 1.62 bits per heavy atom. The first-order valence-electron chi connectivity index (χ1n) is 15.2. The van der Waals surface area contributed by atoms with Crippen molar-refractivity contribution in [3.63, 3.8) is 0 Å². The third-order valence-electron chi connectivity index (χ3n) is 7.97. The van der Waals surface area contributed by atoms with Crippen molar-refractivity contribution < 1.29 is 28.6 Å². The summed E-state index contributed by atoms with van der Waals surface area (Å²) in [5.74, 6) is -1.56. The van der Waals surface area contributed by atoms with E-state index < -0.39 is 17.7 Å². The van der Waals surface area contributed by atoms with Gasteiger partial charge in [-0.2, -0.15) is 0 Å². The van der Waals surface area contributed by atoms with Crippen molar-refractivity contribution in [3.05, 3.63) is 83.1 Å². The molecule has 224 valence electrons. The van der Waals surface area contributed by atoms with E-state index in [4.69, 9.17) is 14.2 Å². The molecule has 0 bridgehead atoms. The third-order valence-corrected chi connectivity index (χ3v) is 7.97. The highest BCUT2D eigenvalue weighted by molar-refractivity contribution is 6.15. The lowest BCUT2D eigenvalue weighted by Gasteiger charge is -2.29. The van der Waals surface area contributed by atoms with E-state index >= 15 is 0 Å². The third kappa shape index (κ3) is 9.33. The lowest BCUT2D eigenvalue weighted by molar-refractivity contribution is -0.222. The number of ether oxygens (including phenoxy) is 3. The van der Waals surface area contributed by atoms with Gasteiger partial charge in [-0.15, -0.1) is 0 Å². The minimum absolute atomic E-state index is 0.204. The number of esters is 3. The van der Waals surface area contributed by atoms with Crippen LogP contribution in [0.2, 0.25) is 0 Å². The average molecular weight is 574 g/mol. The fraction of sp³-hybridized carbons (Fsp3) is 0.457. The highest BCUT2D eigenvalue weighted by Gasteiger charge is 2.38. The monoisotopic (exact) mass is 573 g/mol. The van der Waals surface area contributed by atoms with Crippen LogP contribution in [0.15, 0.2) is 66.4 Å². The fourth-order valence-electron chi connectivity index (χ4n) is 5.53. The first-order valence-corrected chi connectivity index (χ1v) is 15.2. The molecule has 0 unspecified atom stereocenters. The number of rotatable bonds is 12. The predicted molar refractivity (Wildman–Crippen MR) is 163 cm³/mol. The Morgan fingerprint density at radius 1 is 0.952 bits per heavy atom. The number of nitrogens with one attached hydrogen (secondary N) is 1. The van der Waals surface area contributed by atoms with Crippen LogP contribution in [0.5, 0.6) is 0 Å². The average Bonchev–Trinajstić information content (AvgIpc) is 2.97. The van der Waals surface area contributed by atoms with Gasteiger partial charge in [0.25, 0.3) is 5.79 Å². The number of carbonyl (C=O) groups is 3. The topological polar surface area (TPSA) is 90.9 Å². The Bertz CT molecular complexity index is 1250. The highest BCUT2D eigenvalue weighted by Crippen LogP contribution is 2.37. The van der Waals surface area contributed by atoms with Gasteiger partial charge in [0.1, 0.15) is 0 Å². The van der Waals surface area contributed by atoms with Crippen LogP contribution in [-0.4, -0.2) is 30.3 Å². The molecule has 2 aromatic carbocycles. The first kappa shape index (κ1) is 31.1. The van der Waals surface area contributed by atoms with E-state index in [0.29, 0.717) is 18.0 Å². The van der Waals surface area contributed by atoms with E-state index in [1.807, 2.05) is 12.1 Å². The Labute approximate surface area is 249 Å². The number of cyclic esters (lactones) is 2. The molecule has 1 N–H and O–H groups in total. The lowest BCUT2D eigenvalue weighted by atomic mass is 9.77. The number of carbonyl (C=O) groups excluding carboxylic acids is 3. The van der Waals surface area contributed by atoms with Crippen LogP contribution < -0.4 is 5.32 Å². The summed E-state index contributed by atoms with van der Waals surface area (Å²) >= 11 is 0. The second-order valence-electron chi connectivity index (χ2n) is 11.7. The molecule has 0 amide bonds. The summed E-state index contributed by atoms with van der Waals surface area (Å²) < 4.78 is 15.5.